The molecule has 3 aromatic rings. The number of hydrogen-bond acceptors (Lipinski definition) is 3. The van der Waals surface area contributed by atoms with E-state index >= 15 is 0 Å². The number of thiophene rings is 1. The number of nitrogens with one attached hydrogen (secondary N) is 1. The molecule has 1 atom stereocenters. The number of ether oxygens (including phenoxy) is 1. The number of hydrogen-bond donors (Lipinski definition) is 1. The molecule has 0 aliphatic carbocycles. The fraction of sp³-hybridized carbons (Fsp3) is 0.261. The van der Waals surface area contributed by atoms with Crippen LogP contribution in [-0.2, 0) is 6.61 Å². The maximum absolute atomic E-state index is 13.2. The van der Waals surface area contributed by atoms with E-state index in [0.717, 1.165) is 11.1 Å². The highest BCUT2D eigenvalue weighted by atomic mass is 32.1. The van der Waals surface area contributed by atoms with Crippen LogP contribution in [0.5, 0.6) is 5.75 Å². The van der Waals surface area contributed by atoms with Crippen LogP contribution in [0.25, 0.3) is 0 Å². The Kier molecular flexibility index (Phi) is 6.47. The average Bonchev–Trinajstić information content (AvgIpc) is 3.16. The minimum absolute atomic E-state index is 0.0807. The maximum Gasteiger partial charge on any atom is 0.261 e. The molecule has 146 valence electrons. The average molecular weight is 398 g/mol. The highest BCUT2D eigenvalue weighted by molar-refractivity contribution is 7.12. The summed E-state index contributed by atoms with van der Waals surface area (Å²) in [6, 6.07) is 16.1. The molecule has 1 N–H and O–H groups in total. The van der Waals surface area contributed by atoms with Crippen LogP contribution in [0.4, 0.5) is 4.39 Å². The Balaban J connectivity index is 1.57. The molecular weight excluding hydrogens is 373 g/mol. The first-order valence-electron chi connectivity index (χ1n) is 9.29. The Hall–Kier alpha value is -2.66. The first kappa shape index (κ1) is 20.1. The minimum Gasteiger partial charge on any atom is -0.489 e. The molecule has 0 aliphatic rings. The number of benzene rings is 2. The number of carbonyl (C=O) groups is 1. The molecule has 1 unspecified atom stereocenters. The number of rotatable bonds is 7. The molecule has 1 amide bonds. The van der Waals surface area contributed by atoms with Crippen molar-refractivity contribution in [3.05, 3.63) is 87.4 Å². The molecule has 2 aromatic carbocycles. The summed E-state index contributed by atoms with van der Waals surface area (Å²) >= 11 is 1.37. The molecule has 0 fully saturated rings. The summed E-state index contributed by atoms with van der Waals surface area (Å²) in [5.41, 5.74) is 3.24. The van der Waals surface area contributed by atoms with Gasteiger partial charge in [-0.05, 0) is 47.5 Å². The molecule has 0 saturated heterocycles. The SMILES string of the molecule is CC(C)c1ccc(C(C)NC(=O)c2cc(COc3cccc(F)c3)cs2)cc1. The Morgan fingerprint density at radius 2 is 1.79 bits per heavy atom. The van der Waals surface area contributed by atoms with Crippen molar-refractivity contribution in [2.24, 2.45) is 0 Å². The lowest BCUT2D eigenvalue weighted by Crippen LogP contribution is -2.25. The van der Waals surface area contributed by atoms with E-state index in [1.54, 1.807) is 12.1 Å². The van der Waals surface area contributed by atoms with E-state index in [1.807, 2.05) is 18.4 Å². The predicted octanol–water partition coefficient (Wildman–Crippen LogP) is 6.08. The molecule has 0 saturated carbocycles. The summed E-state index contributed by atoms with van der Waals surface area (Å²) < 4.78 is 18.8. The van der Waals surface area contributed by atoms with Gasteiger partial charge in [-0.1, -0.05) is 44.2 Å². The Labute approximate surface area is 169 Å². The highest BCUT2D eigenvalue weighted by Crippen LogP contribution is 2.21. The molecule has 0 radical (unpaired) electrons. The molecular formula is C23H24FNO2S. The van der Waals surface area contributed by atoms with Crippen molar-refractivity contribution in [2.45, 2.75) is 39.3 Å². The van der Waals surface area contributed by atoms with Gasteiger partial charge in [-0.2, -0.15) is 0 Å². The summed E-state index contributed by atoms with van der Waals surface area (Å²) in [4.78, 5) is 13.2. The first-order chi connectivity index (χ1) is 13.4. The van der Waals surface area contributed by atoms with E-state index in [1.165, 1.54) is 29.0 Å². The van der Waals surface area contributed by atoms with Crippen LogP contribution in [0.1, 0.15) is 59.1 Å². The standard InChI is InChI=1S/C23H24FNO2S/c1-15(2)18-7-9-19(10-8-18)16(3)25-23(26)22-11-17(14-28-22)13-27-21-6-4-5-20(24)12-21/h4-12,14-16H,13H2,1-3H3,(H,25,26). The number of halogens is 1. The minimum atomic E-state index is -0.335. The van der Waals surface area contributed by atoms with Crippen molar-refractivity contribution in [3.63, 3.8) is 0 Å². The van der Waals surface area contributed by atoms with Gasteiger partial charge in [0.05, 0.1) is 10.9 Å². The van der Waals surface area contributed by atoms with Gasteiger partial charge in [-0.25, -0.2) is 4.39 Å². The van der Waals surface area contributed by atoms with E-state index in [-0.39, 0.29) is 17.8 Å². The van der Waals surface area contributed by atoms with Gasteiger partial charge in [0.1, 0.15) is 18.2 Å². The van der Waals surface area contributed by atoms with Gasteiger partial charge < -0.3 is 10.1 Å². The third-order valence-electron chi connectivity index (χ3n) is 4.53. The van der Waals surface area contributed by atoms with Crippen LogP contribution in [-0.4, -0.2) is 5.91 Å². The zero-order valence-electron chi connectivity index (χ0n) is 16.2. The summed E-state index contributed by atoms with van der Waals surface area (Å²) in [5.74, 6) is 0.509. The summed E-state index contributed by atoms with van der Waals surface area (Å²) in [7, 11) is 0. The molecule has 0 bridgehead atoms. The Morgan fingerprint density at radius 3 is 2.46 bits per heavy atom. The van der Waals surface area contributed by atoms with E-state index < -0.39 is 0 Å². The molecule has 3 rings (SSSR count). The highest BCUT2D eigenvalue weighted by Gasteiger charge is 2.14. The van der Waals surface area contributed by atoms with Gasteiger partial charge in [0.2, 0.25) is 0 Å². The lowest BCUT2D eigenvalue weighted by molar-refractivity contribution is 0.0944. The second-order valence-electron chi connectivity index (χ2n) is 7.08. The normalized spacial score (nSPS) is 12.0. The van der Waals surface area contributed by atoms with Crippen molar-refractivity contribution >= 4 is 17.2 Å². The van der Waals surface area contributed by atoms with Crippen molar-refractivity contribution in [1.29, 1.82) is 0 Å². The van der Waals surface area contributed by atoms with Gasteiger partial charge in [0.25, 0.3) is 5.91 Å². The molecule has 28 heavy (non-hydrogen) atoms. The fourth-order valence-electron chi connectivity index (χ4n) is 2.81. The van der Waals surface area contributed by atoms with Crippen LogP contribution in [0, 0.1) is 5.82 Å². The molecule has 5 heteroatoms. The molecule has 1 heterocycles. The third kappa shape index (κ3) is 5.20. The zero-order valence-corrected chi connectivity index (χ0v) is 17.1. The topological polar surface area (TPSA) is 38.3 Å². The number of amides is 1. The van der Waals surface area contributed by atoms with Crippen LogP contribution < -0.4 is 10.1 Å². The van der Waals surface area contributed by atoms with Crippen molar-refractivity contribution < 1.29 is 13.9 Å². The number of carbonyl (C=O) groups excluding carboxylic acids is 1. The second kappa shape index (κ2) is 9.02. The fourth-order valence-corrected chi connectivity index (χ4v) is 3.61. The largest absolute Gasteiger partial charge is 0.489 e. The van der Waals surface area contributed by atoms with Crippen LogP contribution >= 0.6 is 11.3 Å². The summed E-state index contributed by atoms with van der Waals surface area (Å²) in [5, 5.41) is 4.92. The zero-order chi connectivity index (χ0) is 20.1. The molecule has 1 aromatic heterocycles. The van der Waals surface area contributed by atoms with Gasteiger partial charge in [0, 0.05) is 11.6 Å². The molecule has 0 aliphatic heterocycles. The Bertz CT molecular complexity index is 934. The van der Waals surface area contributed by atoms with Gasteiger partial charge in [-0.3, -0.25) is 4.79 Å². The lowest BCUT2D eigenvalue weighted by Gasteiger charge is -2.15. The van der Waals surface area contributed by atoms with Gasteiger partial charge in [0.15, 0.2) is 0 Å². The van der Waals surface area contributed by atoms with E-state index in [4.69, 9.17) is 4.74 Å². The second-order valence-corrected chi connectivity index (χ2v) is 7.99. The first-order valence-corrected chi connectivity index (χ1v) is 10.2. The van der Waals surface area contributed by atoms with Gasteiger partial charge in [-0.15, -0.1) is 11.3 Å². The van der Waals surface area contributed by atoms with Crippen molar-refractivity contribution in [3.8, 4) is 5.75 Å². The summed E-state index contributed by atoms with van der Waals surface area (Å²) in [6.07, 6.45) is 0. The smallest absolute Gasteiger partial charge is 0.261 e. The quantitative estimate of drug-likeness (QED) is 0.525. The van der Waals surface area contributed by atoms with Crippen LogP contribution in [0.3, 0.4) is 0 Å². The lowest BCUT2D eigenvalue weighted by atomic mass is 9.99. The van der Waals surface area contributed by atoms with Crippen molar-refractivity contribution in [2.75, 3.05) is 0 Å². The third-order valence-corrected chi connectivity index (χ3v) is 5.51. The van der Waals surface area contributed by atoms with E-state index in [0.29, 0.717) is 23.2 Å². The predicted molar refractivity (Wildman–Crippen MR) is 111 cm³/mol. The summed E-state index contributed by atoms with van der Waals surface area (Å²) in [6.45, 7) is 6.59. The van der Waals surface area contributed by atoms with Crippen LogP contribution in [0.15, 0.2) is 60.0 Å². The molecule has 3 nitrogen and oxygen atoms in total. The maximum atomic E-state index is 13.2. The monoisotopic (exact) mass is 397 g/mol. The van der Waals surface area contributed by atoms with Gasteiger partial charge >= 0.3 is 0 Å². The van der Waals surface area contributed by atoms with Crippen molar-refractivity contribution in [1.82, 2.24) is 5.32 Å². The van der Waals surface area contributed by atoms with E-state index in [2.05, 4.69) is 43.4 Å². The van der Waals surface area contributed by atoms with Crippen LogP contribution in [0.2, 0.25) is 0 Å². The molecule has 0 spiro atoms. The Morgan fingerprint density at radius 1 is 1.07 bits per heavy atom. The van der Waals surface area contributed by atoms with E-state index in [9.17, 15) is 9.18 Å².